The van der Waals surface area contributed by atoms with Crippen molar-refractivity contribution in [2.24, 2.45) is 0 Å². The van der Waals surface area contributed by atoms with E-state index in [1.54, 1.807) is 6.07 Å². The maximum Gasteiger partial charge on any atom is 0.127 e. The second kappa shape index (κ2) is 1.94. The molecule has 0 atom stereocenters. The predicted molar refractivity (Wildman–Crippen MR) is 39.1 cm³/mol. The average molecular weight is 134 g/mol. The molecule has 0 aromatic heterocycles. The third-order valence-electron chi connectivity index (χ3n) is 1.77. The van der Waals surface area contributed by atoms with Crippen LogP contribution in [0.15, 0.2) is 24.3 Å². The van der Waals surface area contributed by atoms with Gasteiger partial charge in [-0.15, -0.1) is 0 Å². The second-order valence-corrected chi connectivity index (χ2v) is 2.41. The van der Waals surface area contributed by atoms with Crippen LogP contribution in [0.4, 0.5) is 4.39 Å². The highest BCUT2D eigenvalue weighted by Crippen LogP contribution is 2.21. The fourth-order valence-corrected chi connectivity index (χ4v) is 1.25. The highest BCUT2D eigenvalue weighted by molar-refractivity contribution is 5.59. The van der Waals surface area contributed by atoms with E-state index in [-0.39, 0.29) is 5.82 Å². The van der Waals surface area contributed by atoms with Gasteiger partial charge < -0.3 is 0 Å². The minimum Gasteiger partial charge on any atom is -0.207 e. The molecule has 1 aromatic carbocycles. The molecular formula is C9H7F. The number of fused-ring (bicyclic) bond motifs is 1. The molecule has 0 radical (unpaired) electrons. The Morgan fingerprint density at radius 3 is 3.00 bits per heavy atom. The van der Waals surface area contributed by atoms with E-state index in [1.807, 2.05) is 18.2 Å². The van der Waals surface area contributed by atoms with Gasteiger partial charge in [0.2, 0.25) is 0 Å². The molecule has 1 aliphatic rings. The number of hydrogen-bond donors (Lipinski definition) is 0. The number of halogens is 1. The normalized spacial score (nSPS) is 13.7. The molecule has 1 aromatic rings. The average Bonchev–Trinajstić information content (AvgIpc) is 2.36. The van der Waals surface area contributed by atoms with Crippen LogP contribution < -0.4 is 0 Å². The fraction of sp³-hybridized carbons (Fsp3) is 0.111. The van der Waals surface area contributed by atoms with Gasteiger partial charge in [0, 0.05) is 0 Å². The van der Waals surface area contributed by atoms with Crippen molar-refractivity contribution in [3.63, 3.8) is 0 Å². The number of allylic oxidation sites excluding steroid dienone is 1. The largest absolute Gasteiger partial charge is 0.207 e. The Hall–Kier alpha value is -1.11. The Labute approximate surface area is 59.0 Å². The van der Waals surface area contributed by atoms with Crippen LogP contribution >= 0.6 is 0 Å². The van der Waals surface area contributed by atoms with Crippen molar-refractivity contribution in [3.05, 3.63) is 41.2 Å². The molecule has 0 nitrogen and oxygen atoms in total. The van der Waals surface area contributed by atoms with Gasteiger partial charge in [0.15, 0.2) is 0 Å². The minimum absolute atomic E-state index is 0.0810. The summed E-state index contributed by atoms with van der Waals surface area (Å²) < 4.78 is 12.9. The third kappa shape index (κ3) is 0.670. The topological polar surface area (TPSA) is 0 Å². The lowest BCUT2D eigenvalue weighted by molar-refractivity contribution is 0.615. The molecule has 0 unspecified atom stereocenters. The quantitative estimate of drug-likeness (QED) is 0.511. The van der Waals surface area contributed by atoms with Crippen LogP contribution in [0.25, 0.3) is 6.08 Å². The summed E-state index contributed by atoms with van der Waals surface area (Å²) in [7, 11) is 0. The number of hydrogen-bond acceptors (Lipinski definition) is 0. The van der Waals surface area contributed by atoms with E-state index in [0.717, 1.165) is 17.5 Å². The molecule has 0 N–H and O–H groups in total. The van der Waals surface area contributed by atoms with Crippen molar-refractivity contribution in [1.82, 2.24) is 0 Å². The van der Waals surface area contributed by atoms with Gasteiger partial charge in [-0.1, -0.05) is 24.3 Å². The van der Waals surface area contributed by atoms with Gasteiger partial charge in [0.05, 0.1) is 0 Å². The van der Waals surface area contributed by atoms with E-state index in [4.69, 9.17) is 0 Å². The molecule has 0 aliphatic heterocycles. The Balaban J connectivity index is 2.66. The number of benzene rings is 1. The summed E-state index contributed by atoms with van der Waals surface area (Å²) in [6, 6.07) is 5.18. The zero-order valence-corrected chi connectivity index (χ0v) is 5.47. The van der Waals surface area contributed by atoms with Crippen LogP contribution in [0.5, 0.6) is 0 Å². The van der Waals surface area contributed by atoms with Crippen LogP contribution in [0, 0.1) is 5.82 Å². The fourth-order valence-electron chi connectivity index (χ4n) is 1.25. The van der Waals surface area contributed by atoms with Gasteiger partial charge in [0.1, 0.15) is 5.82 Å². The third-order valence-corrected chi connectivity index (χ3v) is 1.77. The highest BCUT2D eigenvalue weighted by Gasteiger charge is 2.07. The first-order chi connectivity index (χ1) is 4.88. The molecule has 0 heterocycles. The Kier molecular flexibility index (Phi) is 1.10. The van der Waals surface area contributed by atoms with Gasteiger partial charge in [-0.05, 0) is 23.6 Å². The van der Waals surface area contributed by atoms with Crippen molar-refractivity contribution in [1.29, 1.82) is 0 Å². The summed E-state index contributed by atoms with van der Waals surface area (Å²) in [5.41, 5.74) is 1.86. The lowest BCUT2D eigenvalue weighted by atomic mass is 10.1. The summed E-state index contributed by atoms with van der Waals surface area (Å²) in [5.74, 6) is -0.0810. The zero-order chi connectivity index (χ0) is 6.97. The molecule has 2 rings (SSSR count). The molecule has 50 valence electrons. The van der Waals surface area contributed by atoms with E-state index >= 15 is 0 Å². The molecule has 0 fully saturated rings. The van der Waals surface area contributed by atoms with Crippen molar-refractivity contribution in [3.8, 4) is 0 Å². The van der Waals surface area contributed by atoms with E-state index in [0.29, 0.717) is 0 Å². The molecule has 0 saturated carbocycles. The van der Waals surface area contributed by atoms with Crippen LogP contribution in [-0.2, 0) is 6.42 Å². The lowest BCUT2D eigenvalue weighted by Gasteiger charge is -1.97. The Morgan fingerprint density at radius 2 is 2.20 bits per heavy atom. The van der Waals surface area contributed by atoms with Gasteiger partial charge in [-0.3, -0.25) is 0 Å². The molecule has 0 bridgehead atoms. The summed E-state index contributed by atoms with van der Waals surface area (Å²) >= 11 is 0. The first-order valence-electron chi connectivity index (χ1n) is 3.32. The van der Waals surface area contributed by atoms with E-state index < -0.39 is 0 Å². The Bertz CT molecular complexity index is 287. The first-order valence-corrected chi connectivity index (χ1v) is 3.32. The predicted octanol–water partition coefficient (Wildman–Crippen LogP) is 2.40. The maximum atomic E-state index is 12.9. The zero-order valence-electron chi connectivity index (χ0n) is 5.47. The van der Waals surface area contributed by atoms with Crippen LogP contribution in [-0.4, -0.2) is 0 Å². The van der Waals surface area contributed by atoms with Crippen LogP contribution in [0.2, 0.25) is 0 Å². The molecule has 0 saturated heterocycles. The summed E-state index contributed by atoms with van der Waals surface area (Å²) in [5, 5.41) is 0. The van der Waals surface area contributed by atoms with E-state index in [9.17, 15) is 4.39 Å². The van der Waals surface area contributed by atoms with Crippen LogP contribution in [0.3, 0.4) is 0 Å². The lowest BCUT2D eigenvalue weighted by Crippen LogP contribution is -1.86. The molecule has 0 spiro atoms. The SMILES string of the molecule is Fc1cccc2c1CC=C2. The summed E-state index contributed by atoms with van der Waals surface area (Å²) in [4.78, 5) is 0. The van der Waals surface area contributed by atoms with Crippen molar-refractivity contribution >= 4 is 6.08 Å². The monoisotopic (exact) mass is 134 g/mol. The maximum absolute atomic E-state index is 12.9. The van der Waals surface area contributed by atoms with Crippen molar-refractivity contribution < 1.29 is 4.39 Å². The molecular weight excluding hydrogens is 127 g/mol. The van der Waals surface area contributed by atoms with Crippen LogP contribution in [0.1, 0.15) is 11.1 Å². The first kappa shape index (κ1) is 5.66. The number of rotatable bonds is 0. The second-order valence-electron chi connectivity index (χ2n) is 2.41. The van der Waals surface area contributed by atoms with Gasteiger partial charge in [-0.2, -0.15) is 0 Å². The van der Waals surface area contributed by atoms with Crippen molar-refractivity contribution in [2.75, 3.05) is 0 Å². The smallest absolute Gasteiger partial charge is 0.127 e. The molecule has 0 amide bonds. The minimum atomic E-state index is -0.0810. The summed E-state index contributed by atoms with van der Waals surface area (Å²) in [6.07, 6.45) is 4.69. The van der Waals surface area contributed by atoms with E-state index in [1.165, 1.54) is 6.07 Å². The van der Waals surface area contributed by atoms with Crippen molar-refractivity contribution in [2.45, 2.75) is 6.42 Å². The summed E-state index contributed by atoms with van der Waals surface area (Å²) in [6.45, 7) is 0. The van der Waals surface area contributed by atoms with Gasteiger partial charge in [0.25, 0.3) is 0 Å². The Morgan fingerprint density at radius 1 is 1.30 bits per heavy atom. The molecule has 10 heavy (non-hydrogen) atoms. The van der Waals surface area contributed by atoms with E-state index in [2.05, 4.69) is 0 Å². The standard InChI is InChI=1S/C9H7F/c10-9-6-2-4-7-3-1-5-8(7)9/h1-4,6H,5H2. The molecule has 1 aliphatic carbocycles. The highest BCUT2D eigenvalue weighted by atomic mass is 19.1. The van der Waals surface area contributed by atoms with Gasteiger partial charge >= 0.3 is 0 Å². The van der Waals surface area contributed by atoms with Gasteiger partial charge in [-0.25, -0.2) is 4.39 Å². The molecule has 1 heteroatoms.